The fourth-order valence-corrected chi connectivity index (χ4v) is 3.74. The van der Waals surface area contributed by atoms with Crippen molar-refractivity contribution in [2.75, 3.05) is 0 Å². The summed E-state index contributed by atoms with van der Waals surface area (Å²) in [4.78, 5) is 4.34. The standard InChI is InChI=1S/C20H19NO2S/c1-13-5-3-4-6-17(13)19-9-7-15-11-16(8-10-18(15)23-19)22-20-21-14(2)12-24-20/h3-6,8,10-12,19H,7,9H2,1-2H3. The van der Waals surface area contributed by atoms with E-state index in [1.54, 1.807) is 0 Å². The Morgan fingerprint density at radius 1 is 1.17 bits per heavy atom. The first-order valence-corrected chi connectivity index (χ1v) is 9.02. The molecule has 0 fully saturated rings. The van der Waals surface area contributed by atoms with Crippen molar-refractivity contribution in [1.82, 2.24) is 4.98 Å². The first-order valence-electron chi connectivity index (χ1n) is 8.14. The van der Waals surface area contributed by atoms with Crippen LogP contribution in [0.1, 0.15) is 34.9 Å². The third-order valence-electron chi connectivity index (χ3n) is 4.32. The van der Waals surface area contributed by atoms with Crippen molar-refractivity contribution in [1.29, 1.82) is 0 Å². The van der Waals surface area contributed by atoms with Crippen molar-refractivity contribution >= 4 is 11.3 Å². The van der Waals surface area contributed by atoms with Crippen LogP contribution < -0.4 is 9.47 Å². The molecule has 2 aromatic carbocycles. The quantitative estimate of drug-likeness (QED) is 0.622. The molecule has 0 amide bonds. The maximum atomic E-state index is 6.24. The molecule has 1 aromatic heterocycles. The minimum absolute atomic E-state index is 0.132. The van der Waals surface area contributed by atoms with E-state index < -0.39 is 0 Å². The van der Waals surface area contributed by atoms with Crippen LogP contribution in [0, 0.1) is 13.8 Å². The van der Waals surface area contributed by atoms with E-state index in [2.05, 4.69) is 42.2 Å². The summed E-state index contributed by atoms with van der Waals surface area (Å²) in [5, 5.41) is 2.67. The topological polar surface area (TPSA) is 31.4 Å². The predicted octanol–water partition coefficient (Wildman–Crippen LogP) is 5.62. The third kappa shape index (κ3) is 3.02. The molecule has 0 N–H and O–H groups in total. The molecule has 24 heavy (non-hydrogen) atoms. The van der Waals surface area contributed by atoms with Gasteiger partial charge in [-0.05, 0) is 61.6 Å². The van der Waals surface area contributed by atoms with E-state index in [0.717, 1.165) is 30.0 Å². The number of fused-ring (bicyclic) bond motifs is 1. The number of hydrogen-bond acceptors (Lipinski definition) is 4. The molecule has 3 nitrogen and oxygen atoms in total. The first-order chi connectivity index (χ1) is 11.7. The summed E-state index contributed by atoms with van der Waals surface area (Å²) in [5.41, 5.74) is 4.75. The second-order valence-electron chi connectivity index (χ2n) is 6.13. The molecule has 1 unspecified atom stereocenters. The van der Waals surface area contributed by atoms with Gasteiger partial charge < -0.3 is 9.47 Å². The van der Waals surface area contributed by atoms with E-state index in [0.29, 0.717) is 5.19 Å². The zero-order valence-corrected chi connectivity index (χ0v) is 14.6. The molecule has 0 spiro atoms. The van der Waals surface area contributed by atoms with E-state index in [1.165, 1.54) is 28.0 Å². The van der Waals surface area contributed by atoms with Crippen LogP contribution in [-0.2, 0) is 6.42 Å². The minimum atomic E-state index is 0.132. The maximum absolute atomic E-state index is 6.24. The molecular weight excluding hydrogens is 318 g/mol. The fourth-order valence-electron chi connectivity index (χ4n) is 3.08. The predicted molar refractivity (Wildman–Crippen MR) is 96.2 cm³/mol. The lowest BCUT2D eigenvalue weighted by Gasteiger charge is -2.27. The monoisotopic (exact) mass is 337 g/mol. The summed E-state index contributed by atoms with van der Waals surface area (Å²) in [5.74, 6) is 1.78. The van der Waals surface area contributed by atoms with Gasteiger partial charge >= 0.3 is 0 Å². The van der Waals surface area contributed by atoms with Crippen LogP contribution in [-0.4, -0.2) is 4.98 Å². The molecular formula is C20H19NO2S. The number of aromatic nitrogens is 1. The van der Waals surface area contributed by atoms with Crippen molar-refractivity contribution in [2.24, 2.45) is 0 Å². The summed E-state index contributed by atoms with van der Waals surface area (Å²) < 4.78 is 12.1. The number of ether oxygens (including phenoxy) is 2. The summed E-state index contributed by atoms with van der Waals surface area (Å²) in [7, 11) is 0. The smallest absolute Gasteiger partial charge is 0.278 e. The second-order valence-corrected chi connectivity index (χ2v) is 6.95. The lowest BCUT2D eigenvalue weighted by Crippen LogP contribution is -2.16. The van der Waals surface area contributed by atoms with E-state index in [-0.39, 0.29) is 6.10 Å². The Kier molecular flexibility index (Phi) is 3.98. The van der Waals surface area contributed by atoms with E-state index in [4.69, 9.17) is 9.47 Å². The number of hydrogen-bond donors (Lipinski definition) is 0. The van der Waals surface area contributed by atoms with E-state index in [9.17, 15) is 0 Å². The van der Waals surface area contributed by atoms with Gasteiger partial charge in [0.15, 0.2) is 0 Å². The molecule has 1 aliphatic rings. The molecule has 0 bridgehead atoms. The van der Waals surface area contributed by atoms with Crippen LogP contribution >= 0.6 is 11.3 Å². The van der Waals surface area contributed by atoms with Gasteiger partial charge in [-0.3, -0.25) is 0 Å². The van der Waals surface area contributed by atoms with Crippen molar-refractivity contribution in [2.45, 2.75) is 32.8 Å². The Morgan fingerprint density at radius 3 is 2.83 bits per heavy atom. The lowest BCUT2D eigenvalue weighted by molar-refractivity contribution is 0.175. The molecule has 122 valence electrons. The van der Waals surface area contributed by atoms with Crippen molar-refractivity contribution in [3.63, 3.8) is 0 Å². The first kappa shape index (κ1) is 15.2. The molecule has 2 heterocycles. The summed E-state index contributed by atoms with van der Waals surface area (Å²) in [6, 6.07) is 14.5. The van der Waals surface area contributed by atoms with Crippen LogP contribution in [0.2, 0.25) is 0 Å². The van der Waals surface area contributed by atoms with Crippen molar-refractivity contribution < 1.29 is 9.47 Å². The van der Waals surface area contributed by atoms with E-state index >= 15 is 0 Å². The molecule has 4 rings (SSSR count). The minimum Gasteiger partial charge on any atom is -0.485 e. The molecule has 1 aliphatic heterocycles. The van der Waals surface area contributed by atoms with Crippen LogP contribution in [0.25, 0.3) is 0 Å². The molecule has 3 aromatic rings. The van der Waals surface area contributed by atoms with Crippen molar-refractivity contribution in [3.05, 3.63) is 70.2 Å². The van der Waals surface area contributed by atoms with Gasteiger partial charge in [0.25, 0.3) is 5.19 Å². The van der Waals surface area contributed by atoms with Gasteiger partial charge in [-0.25, -0.2) is 4.98 Å². The number of aryl methyl sites for hydroxylation is 3. The second kappa shape index (κ2) is 6.29. The average molecular weight is 337 g/mol. The lowest BCUT2D eigenvalue weighted by atomic mass is 9.95. The Hall–Kier alpha value is -2.33. The number of nitrogens with zero attached hydrogens (tertiary/aromatic N) is 1. The highest BCUT2D eigenvalue weighted by atomic mass is 32.1. The Morgan fingerprint density at radius 2 is 2.04 bits per heavy atom. The van der Waals surface area contributed by atoms with Gasteiger partial charge in [-0.2, -0.15) is 0 Å². The van der Waals surface area contributed by atoms with Crippen LogP contribution in [0.4, 0.5) is 0 Å². The summed E-state index contributed by atoms with van der Waals surface area (Å²) in [6.45, 7) is 4.11. The van der Waals surface area contributed by atoms with Crippen molar-refractivity contribution in [3.8, 4) is 16.7 Å². The molecule has 1 atom stereocenters. The van der Waals surface area contributed by atoms with Gasteiger partial charge in [-0.15, -0.1) is 0 Å². The summed E-state index contributed by atoms with van der Waals surface area (Å²) in [6.07, 6.45) is 2.10. The van der Waals surface area contributed by atoms with Gasteiger partial charge in [0.1, 0.15) is 17.6 Å². The molecule has 0 radical (unpaired) electrons. The average Bonchev–Trinajstić information content (AvgIpc) is 3.00. The van der Waals surface area contributed by atoms with Gasteiger partial charge in [-0.1, -0.05) is 35.6 Å². The summed E-state index contributed by atoms with van der Waals surface area (Å²) >= 11 is 1.52. The van der Waals surface area contributed by atoms with Crippen LogP contribution in [0.3, 0.4) is 0 Å². The third-order valence-corrected chi connectivity index (χ3v) is 5.15. The Balaban J connectivity index is 1.54. The van der Waals surface area contributed by atoms with E-state index in [1.807, 2.05) is 24.4 Å². The van der Waals surface area contributed by atoms with Crippen LogP contribution in [0.15, 0.2) is 47.8 Å². The zero-order valence-electron chi connectivity index (χ0n) is 13.8. The Bertz CT molecular complexity index is 872. The highest BCUT2D eigenvalue weighted by Gasteiger charge is 2.23. The highest BCUT2D eigenvalue weighted by molar-refractivity contribution is 7.11. The normalized spacial score (nSPS) is 16.3. The molecule has 4 heteroatoms. The molecule has 0 saturated carbocycles. The number of benzene rings is 2. The fraction of sp³-hybridized carbons (Fsp3) is 0.250. The zero-order chi connectivity index (χ0) is 16.5. The van der Waals surface area contributed by atoms with Gasteiger partial charge in [0, 0.05) is 5.38 Å². The molecule has 0 aliphatic carbocycles. The SMILES string of the molecule is Cc1csc(Oc2ccc3c(c2)CCC(c2ccccc2C)O3)n1. The number of rotatable bonds is 3. The molecule has 0 saturated heterocycles. The van der Waals surface area contributed by atoms with Gasteiger partial charge in [0.2, 0.25) is 0 Å². The highest BCUT2D eigenvalue weighted by Crippen LogP contribution is 2.38. The van der Waals surface area contributed by atoms with Crippen LogP contribution in [0.5, 0.6) is 16.7 Å². The maximum Gasteiger partial charge on any atom is 0.278 e. The Labute approximate surface area is 145 Å². The largest absolute Gasteiger partial charge is 0.485 e. The van der Waals surface area contributed by atoms with Gasteiger partial charge in [0.05, 0.1) is 5.69 Å². The number of thiazole rings is 1.